The summed E-state index contributed by atoms with van der Waals surface area (Å²) in [5.74, 6) is 0. The van der Waals surface area contributed by atoms with Crippen LogP contribution >= 0.6 is 34.2 Å². The maximum atomic E-state index is 11.8. The molecule has 2 aliphatic rings. The highest BCUT2D eigenvalue weighted by Crippen LogP contribution is 2.69. The summed E-state index contributed by atoms with van der Waals surface area (Å²) in [4.78, 5) is 23.9. The summed E-state index contributed by atoms with van der Waals surface area (Å²) in [5, 5.41) is 10.6. The average Bonchev–Trinajstić information content (AvgIpc) is 2.90. The molecule has 0 radical (unpaired) electrons. The molecular weight excluding hydrogens is 386 g/mol. The van der Waals surface area contributed by atoms with Crippen molar-refractivity contribution in [3.8, 4) is 0 Å². The van der Waals surface area contributed by atoms with Crippen molar-refractivity contribution in [1.82, 2.24) is 9.55 Å². The third kappa shape index (κ3) is 1.55. The van der Waals surface area contributed by atoms with Crippen LogP contribution in [0.1, 0.15) is 19.6 Å². The van der Waals surface area contributed by atoms with E-state index in [1.54, 1.807) is 6.92 Å². The van der Waals surface area contributed by atoms with Gasteiger partial charge in [-0.05, 0) is 6.92 Å². The smallest absolute Gasteiger partial charge is 0.330 e. The van der Waals surface area contributed by atoms with Gasteiger partial charge in [-0.25, -0.2) is 4.79 Å². The number of aromatic amines is 1. The highest BCUT2D eigenvalue weighted by Gasteiger charge is 2.83. The third-order valence-corrected chi connectivity index (χ3v) is 5.83. The molecule has 4 atom stereocenters. The molecule has 0 amide bonds. The van der Waals surface area contributed by atoms with Crippen LogP contribution < -0.4 is 11.2 Å². The lowest BCUT2D eigenvalue weighted by molar-refractivity contribution is -0.0366. The first-order valence-corrected chi connectivity index (χ1v) is 7.64. The molecule has 2 fully saturated rings. The largest absolute Gasteiger partial charge is 0.385 e. The van der Waals surface area contributed by atoms with Gasteiger partial charge in [0.2, 0.25) is 0 Å². The quantitative estimate of drug-likeness (QED) is 0.557. The summed E-state index contributed by atoms with van der Waals surface area (Å²) in [5.41, 5.74) is -2.94. The lowest BCUT2D eigenvalue weighted by Gasteiger charge is -2.30. The number of H-pyrrole nitrogens is 1. The minimum absolute atomic E-state index is 0.456. The van der Waals surface area contributed by atoms with E-state index in [9.17, 15) is 14.7 Å². The lowest BCUT2D eigenvalue weighted by Crippen LogP contribution is -2.45. The SMILES string of the molecule is C[C@]1(Cl)[C@H](n2ccc(=O)[nH]c2=O)O[C@@]2(CI)C[C@@]21O. The second kappa shape index (κ2) is 3.84. The normalized spacial score (nSPS) is 44.1. The van der Waals surface area contributed by atoms with Crippen LogP contribution in [0.25, 0.3) is 0 Å². The van der Waals surface area contributed by atoms with Gasteiger partial charge < -0.3 is 9.84 Å². The molecule has 1 aliphatic heterocycles. The molecule has 2 heterocycles. The van der Waals surface area contributed by atoms with E-state index in [-0.39, 0.29) is 0 Å². The first kappa shape index (κ1) is 13.6. The lowest BCUT2D eigenvalue weighted by atomic mass is 9.99. The van der Waals surface area contributed by atoms with Crippen LogP contribution in [0, 0.1) is 0 Å². The van der Waals surface area contributed by atoms with E-state index in [2.05, 4.69) is 27.6 Å². The predicted molar refractivity (Wildman–Crippen MR) is 76.9 cm³/mol. The Morgan fingerprint density at radius 3 is 2.89 bits per heavy atom. The molecule has 104 valence electrons. The highest BCUT2D eigenvalue weighted by molar-refractivity contribution is 14.1. The van der Waals surface area contributed by atoms with E-state index >= 15 is 0 Å². The Morgan fingerprint density at radius 1 is 1.68 bits per heavy atom. The van der Waals surface area contributed by atoms with E-state index in [4.69, 9.17) is 16.3 Å². The molecule has 0 aromatic carbocycles. The summed E-state index contributed by atoms with van der Waals surface area (Å²) in [6.07, 6.45) is 0.978. The number of halogens is 2. The van der Waals surface area contributed by atoms with Crippen LogP contribution in [0.2, 0.25) is 0 Å². The van der Waals surface area contributed by atoms with Gasteiger partial charge in [-0.15, -0.1) is 11.6 Å². The molecule has 1 aromatic heterocycles. The Balaban J connectivity index is 2.08. The zero-order chi connectivity index (χ0) is 14.1. The van der Waals surface area contributed by atoms with Crippen LogP contribution in [-0.2, 0) is 4.74 Å². The topological polar surface area (TPSA) is 84.3 Å². The molecule has 1 aromatic rings. The van der Waals surface area contributed by atoms with Gasteiger partial charge in [0, 0.05) is 23.1 Å². The minimum atomic E-state index is -1.15. The Hall–Kier alpha value is -0.380. The number of hydrogen-bond donors (Lipinski definition) is 2. The Kier molecular flexibility index (Phi) is 2.74. The summed E-state index contributed by atoms with van der Waals surface area (Å²) >= 11 is 8.58. The van der Waals surface area contributed by atoms with Gasteiger partial charge in [-0.3, -0.25) is 14.3 Å². The fourth-order valence-electron chi connectivity index (χ4n) is 2.77. The van der Waals surface area contributed by atoms with Gasteiger partial charge in [-0.2, -0.15) is 0 Å². The van der Waals surface area contributed by atoms with Crippen molar-refractivity contribution < 1.29 is 9.84 Å². The van der Waals surface area contributed by atoms with Crippen molar-refractivity contribution in [2.45, 2.75) is 35.6 Å². The number of fused-ring (bicyclic) bond motifs is 1. The number of ether oxygens (including phenoxy) is 1. The molecule has 1 aliphatic carbocycles. The number of hydrogen-bond acceptors (Lipinski definition) is 4. The number of alkyl halides is 2. The Labute approximate surface area is 126 Å². The van der Waals surface area contributed by atoms with E-state index in [1.165, 1.54) is 16.8 Å². The number of aromatic nitrogens is 2. The Bertz CT molecular complexity index is 657. The van der Waals surface area contributed by atoms with Crippen LogP contribution in [0.3, 0.4) is 0 Å². The van der Waals surface area contributed by atoms with E-state index in [0.717, 1.165) is 0 Å². The van der Waals surface area contributed by atoms with E-state index < -0.39 is 33.6 Å². The fourth-order valence-corrected chi connectivity index (χ4v) is 4.24. The maximum absolute atomic E-state index is 11.8. The molecule has 3 rings (SSSR count). The molecule has 19 heavy (non-hydrogen) atoms. The van der Waals surface area contributed by atoms with Crippen LogP contribution in [0.4, 0.5) is 0 Å². The van der Waals surface area contributed by atoms with Crippen molar-refractivity contribution in [1.29, 1.82) is 0 Å². The molecule has 0 spiro atoms. The van der Waals surface area contributed by atoms with Crippen molar-refractivity contribution in [3.05, 3.63) is 33.1 Å². The summed E-state index contributed by atoms with van der Waals surface area (Å²) < 4.78 is 7.65. The highest BCUT2D eigenvalue weighted by atomic mass is 127. The standard InChI is InChI=1S/C11H12ClIN2O4/c1-9(12)7(15-3-2-6(16)14-8(15)17)19-10(5-13)4-11(9,10)18/h2-3,7,18H,4-5H2,1H3,(H,14,16,17)/t7-,9+,10-,11+/m1/s1. The first-order valence-electron chi connectivity index (χ1n) is 5.74. The number of rotatable bonds is 2. The van der Waals surface area contributed by atoms with E-state index in [0.29, 0.717) is 10.8 Å². The maximum Gasteiger partial charge on any atom is 0.330 e. The molecule has 0 bridgehead atoms. The zero-order valence-corrected chi connectivity index (χ0v) is 12.9. The monoisotopic (exact) mass is 398 g/mol. The molecule has 6 nitrogen and oxygen atoms in total. The number of aliphatic hydroxyl groups is 1. The van der Waals surface area contributed by atoms with Crippen LogP contribution in [0.15, 0.2) is 21.9 Å². The van der Waals surface area contributed by atoms with Crippen molar-refractivity contribution in [3.63, 3.8) is 0 Å². The molecule has 0 unspecified atom stereocenters. The third-order valence-electron chi connectivity index (χ3n) is 4.10. The van der Waals surface area contributed by atoms with Gasteiger partial charge in [0.25, 0.3) is 5.56 Å². The van der Waals surface area contributed by atoms with E-state index in [1.807, 2.05) is 0 Å². The summed E-state index contributed by atoms with van der Waals surface area (Å²) in [6.45, 7) is 1.65. The molecule has 1 saturated carbocycles. The van der Waals surface area contributed by atoms with Gasteiger partial charge >= 0.3 is 5.69 Å². The second-order valence-corrected chi connectivity index (χ2v) is 6.78. The molecule has 1 saturated heterocycles. The number of nitrogens with one attached hydrogen (secondary N) is 1. The zero-order valence-electron chi connectivity index (χ0n) is 10.0. The number of nitrogens with zero attached hydrogens (tertiary/aromatic N) is 1. The molecule has 8 heteroatoms. The molecular formula is C11H12ClIN2O4. The minimum Gasteiger partial charge on any atom is -0.385 e. The van der Waals surface area contributed by atoms with Crippen LogP contribution in [-0.4, -0.2) is 35.2 Å². The van der Waals surface area contributed by atoms with Gasteiger partial charge in [0.05, 0.1) is 0 Å². The Morgan fingerprint density at radius 2 is 2.37 bits per heavy atom. The first-order chi connectivity index (χ1) is 8.77. The van der Waals surface area contributed by atoms with Crippen molar-refractivity contribution in [2.75, 3.05) is 4.43 Å². The van der Waals surface area contributed by atoms with Crippen LogP contribution in [0.5, 0.6) is 0 Å². The summed E-state index contributed by atoms with van der Waals surface area (Å²) in [7, 11) is 0. The van der Waals surface area contributed by atoms with Crippen molar-refractivity contribution in [2.24, 2.45) is 0 Å². The van der Waals surface area contributed by atoms with Gasteiger partial charge in [0.15, 0.2) is 6.23 Å². The summed E-state index contributed by atoms with van der Waals surface area (Å²) in [6, 6.07) is 1.22. The predicted octanol–water partition coefficient (Wildman–Crippen LogP) is 0.371. The average molecular weight is 399 g/mol. The van der Waals surface area contributed by atoms with Gasteiger partial charge in [-0.1, -0.05) is 22.6 Å². The fraction of sp³-hybridized carbons (Fsp3) is 0.636. The second-order valence-electron chi connectivity index (χ2n) is 5.23. The molecule has 2 N–H and O–H groups in total. The van der Waals surface area contributed by atoms with Crippen molar-refractivity contribution >= 4 is 34.2 Å². The van der Waals surface area contributed by atoms with Gasteiger partial charge in [0.1, 0.15) is 16.1 Å².